The Hall–Kier alpha value is -1.10. The molecule has 0 radical (unpaired) electrons. The van der Waals surface area contributed by atoms with Gasteiger partial charge in [0.15, 0.2) is 0 Å². The smallest absolute Gasteiger partial charge is 0.343 e. The summed E-state index contributed by atoms with van der Waals surface area (Å²) in [6, 6.07) is 0. The lowest BCUT2D eigenvalue weighted by Crippen LogP contribution is -2.23. The number of carbonyl (C=O) groups is 1. The van der Waals surface area contributed by atoms with Crippen LogP contribution in [-0.2, 0) is 11.3 Å². The second-order valence-electron chi connectivity index (χ2n) is 3.04. The number of hydrogen-bond donors (Lipinski definition) is 0. The first-order chi connectivity index (χ1) is 7.02. The highest BCUT2D eigenvalue weighted by atomic mass is 79.9. The standard InChI is InChI=1S/C10H12BrNO3/c1-4-12-5-7(11)9(13)8(6(12)2)10(14)15-3/h5H,4H2,1-3H3. The van der Waals surface area contributed by atoms with E-state index in [2.05, 4.69) is 20.7 Å². The second-order valence-corrected chi connectivity index (χ2v) is 3.90. The van der Waals surface area contributed by atoms with Crippen LogP contribution in [-0.4, -0.2) is 17.6 Å². The minimum Gasteiger partial charge on any atom is -0.465 e. The van der Waals surface area contributed by atoms with E-state index in [4.69, 9.17) is 0 Å². The number of methoxy groups -OCH3 is 1. The first-order valence-electron chi connectivity index (χ1n) is 4.50. The van der Waals surface area contributed by atoms with Crippen LogP contribution in [0.5, 0.6) is 0 Å². The molecule has 0 aliphatic heterocycles. The van der Waals surface area contributed by atoms with Gasteiger partial charge >= 0.3 is 5.97 Å². The van der Waals surface area contributed by atoms with E-state index in [0.717, 1.165) is 0 Å². The molecule has 5 heteroatoms. The maximum atomic E-state index is 11.7. The van der Waals surface area contributed by atoms with Gasteiger partial charge in [-0.25, -0.2) is 4.79 Å². The molecular formula is C10H12BrNO3. The Labute approximate surface area is 96.0 Å². The molecule has 0 unspecified atom stereocenters. The number of carbonyl (C=O) groups excluding carboxylic acids is 1. The maximum absolute atomic E-state index is 11.7. The van der Waals surface area contributed by atoms with Gasteiger partial charge in [0.25, 0.3) is 0 Å². The number of nitrogens with zero attached hydrogens (tertiary/aromatic N) is 1. The maximum Gasteiger partial charge on any atom is 0.343 e. The number of halogens is 1. The third-order valence-electron chi connectivity index (χ3n) is 2.24. The molecule has 1 aromatic rings. The fraction of sp³-hybridized carbons (Fsp3) is 0.400. The first kappa shape index (κ1) is 12.0. The molecule has 0 atom stereocenters. The van der Waals surface area contributed by atoms with Crippen molar-refractivity contribution in [2.45, 2.75) is 20.4 Å². The predicted molar refractivity (Wildman–Crippen MR) is 60.2 cm³/mol. The summed E-state index contributed by atoms with van der Waals surface area (Å²) in [4.78, 5) is 23.1. The summed E-state index contributed by atoms with van der Waals surface area (Å²) < 4.78 is 6.77. The lowest BCUT2D eigenvalue weighted by Gasteiger charge is -2.11. The zero-order valence-electron chi connectivity index (χ0n) is 8.83. The molecule has 15 heavy (non-hydrogen) atoms. The summed E-state index contributed by atoms with van der Waals surface area (Å²) in [5.41, 5.74) is 0.385. The van der Waals surface area contributed by atoms with Gasteiger partial charge in [-0.3, -0.25) is 4.79 Å². The van der Waals surface area contributed by atoms with Gasteiger partial charge in [0.05, 0.1) is 11.6 Å². The van der Waals surface area contributed by atoms with E-state index in [0.29, 0.717) is 16.7 Å². The Morgan fingerprint density at radius 1 is 1.60 bits per heavy atom. The molecule has 0 bridgehead atoms. The highest BCUT2D eigenvalue weighted by Gasteiger charge is 2.18. The molecule has 0 N–H and O–H groups in total. The molecular weight excluding hydrogens is 262 g/mol. The quantitative estimate of drug-likeness (QED) is 0.771. The zero-order chi connectivity index (χ0) is 11.6. The van der Waals surface area contributed by atoms with Crippen molar-refractivity contribution in [3.05, 3.63) is 32.2 Å². The van der Waals surface area contributed by atoms with Gasteiger partial charge in [0, 0.05) is 18.4 Å². The third-order valence-corrected chi connectivity index (χ3v) is 2.80. The Balaban J connectivity index is 3.54. The molecule has 0 saturated carbocycles. The van der Waals surface area contributed by atoms with Crippen molar-refractivity contribution in [1.29, 1.82) is 0 Å². The summed E-state index contributed by atoms with van der Waals surface area (Å²) in [6.45, 7) is 4.35. The van der Waals surface area contributed by atoms with Crippen LogP contribution >= 0.6 is 15.9 Å². The Morgan fingerprint density at radius 3 is 2.67 bits per heavy atom. The van der Waals surface area contributed by atoms with Crippen LogP contribution in [0.1, 0.15) is 23.0 Å². The lowest BCUT2D eigenvalue weighted by atomic mass is 10.2. The van der Waals surface area contributed by atoms with Crippen molar-refractivity contribution in [2.75, 3.05) is 7.11 Å². The van der Waals surface area contributed by atoms with Crippen LogP contribution in [0.4, 0.5) is 0 Å². The van der Waals surface area contributed by atoms with Crippen LogP contribution in [0.3, 0.4) is 0 Å². The molecule has 1 rings (SSSR count). The normalized spacial score (nSPS) is 10.1. The van der Waals surface area contributed by atoms with Crippen molar-refractivity contribution in [1.82, 2.24) is 4.57 Å². The van der Waals surface area contributed by atoms with E-state index in [1.54, 1.807) is 13.1 Å². The molecule has 4 nitrogen and oxygen atoms in total. The summed E-state index contributed by atoms with van der Waals surface area (Å²) in [5.74, 6) is -0.596. The van der Waals surface area contributed by atoms with Crippen LogP contribution in [0, 0.1) is 6.92 Å². The number of pyridine rings is 1. The summed E-state index contributed by atoms with van der Waals surface area (Å²) in [5, 5.41) is 0. The minimum absolute atomic E-state index is 0.0914. The van der Waals surface area contributed by atoms with E-state index in [9.17, 15) is 9.59 Å². The van der Waals surface area contributed by atoms with Crippen LogP contribution < -0.4 is 5.43 Å². The number of rotatable bonds is 2. The van der Waals surface area contributed by atoms with Gasteiger partial charge in [-0.15, -0.1) is 0 Å². The van der Waals surface area contributed by atoms with Crippen LogP contribution in [0.25, 0.3) is 0 Å². The van der Waals surface area contributed by atoms with E-state index < -0.39 is 5.97 Å². The summed E-state index contributed by atoms with van der Waals surface area (Å²) in [6.07, 6.45) is 1.67. The van der Waals surface area contributed by atoms with Crippen molar-refractivity contribution in [3.8, 4) is 0 Å². The Kier molecular flexibility index (Phi) is 3.68. The molecule has 0 spiro atoms. The van der Waals surface area contributed by atoms with E-state index >= 15 is 0 Å². The molecule has 82 valence electrons. The van der Waals surface area contributed by atoms with Crippen molar-refractivity contribution in [3.63, 3.8) is 0 Å². The summed E-state index contributed by atoms with van der Waals surface area (Å²) >= 11 is 3.13. The monoisotopic (exact) mass is 273 g/mol. The zero-order valence-corrected chi connectivity index (χ0v) is 10.4. The molecule has 1 aromatic heterocycles. The average Bonchev–Trinajstić information content (AvgIpc) is 2.23. The third kappa shape index (κ3) is 2.12. The van der Waals surface area contributed by atoms with E-state index in [-0.39, 0.29) is 11.0 Å². The first-order valence-corrected chi connectivity index (χ1v) is 5.30. The van der Waals surface area contributed by atoms with Crippen molar-refractivity contribution in [2.24, 2.45) is 0 Å². The molecule has 1 heterocycles. The Morgan fingerprint density at radius 2 is 2.20 bits per heavy atom. The highest BCUT2D eigenvalue weighted by molar-refractivity contribution is 9.10. The number of ether oxygens (including phenoxy) is 1. The molecule has 0 amide bonds. The molecule has 0 saturated heterocycles. The second kappa shape index (κ2) is 4.61. The molecule has 0 fully saturated rings. The van der Waals surface area contributed by atoms with Crippen molar-refractivity contribution < 1.29 is 9.53 Å². The SMILES string of the molecule is CCn1cc(Br)c(=O)c(C(=O)OC)c1C. The highest BCUT2D eigenvalue weighted by Crippen LogP contribution is 2.11. The van der Waals surface area contributed by atoms with Crippen LogP contribution in [0.2, 0.25) is 0 Å². The lowest BCUT2D eigenvalue weighted by molar-refractivity contribution is 0.0597. The van der Waals surface area contributed by atoms with Gasteiger partial charge in [0.1, 0.15) is 5.56 Å². The fourth-order valence-corrected chi connectivity index (χ4v) is 1.84. The largest absolute Gasteiger partial charge is 0.465 e. The average molecular weight is 274 g/mol. The van der Waals surface area contributed by atoms with E-state index in [1.807, 2.05) is 11.5 Å². The number of esters is 1. The predicted octanol–water partition coefficient (Wildman–Crippen LogP) is 1.73. The molecule has 0 aliphatic rings. The van der Waals surface area contributed by atoms with Gasteiger partial charge < -0.3 is 9.30 Å². The van der Waals surface area contributed by atoms with Crippen LogP contribution in [0.15, 0.2) is 15.5 Å². The van der Waals surface area contributed by atoms with E-state index in [1.165, 1.54) is 7.11 Å². The van der Waals surface area contributed by atoms with Gasteiger partial charge in [-0.1, -0.05) is 0 Å². The topological polar surface area (TPSA) is 48.3 Å². The number of aryl methyl sites for hydroxylation is 1. The van der Waals surface area contributed by atoms with Gasteiger partial charge in [-0.05, 0) is 29.8 Å². The van der Waals surface area contributed by atoms with Gasteiger partial charge in [-0.2, -0.15) is 0 Å². The molecule has 0 aromatic carbocycles. The minimum atomic E-state index is -0.596. The number of aromatic nitrogens is 1. The van der Waals surface area contributed by atoms with Gasteiger partial charge in [0.2, 0.25) is 5.43 Å². The Bertz CT molecular complexity index is 451. The number of hydrogen-bond acceptors (Lipinski definition) is 3. The molecule has 0 aliphatic carbocycles. The van der Waals surface area contributed by atoms with Crippen molar-refractivity contribution >= 4 is 21.9 Å². The summed E-state index contributed by atoms with van der Waals surface area (Å²) in [7, 11) is 1.26. The fourth-order valence-electron chi connectivity index (χ4n) is 1.39.